The molecule has 0 radical (unpaired) electrons. The van der Waals surface area contributed by atoms with E-state index in [2.05, 4.69) is 5.32 Å². The van der Waals surface area contributed by atoms with Crippen LogP contribution in [-0.2, 0) is 9.53 Å². The molecule has 1 saturated carbocycles. The second-order valence-electron chi connectivity index (χ2n) is 7.03. The highest BCUT2D eigenvalue weighted by atomic mass is 16.6. The Labute approximate surface area is 121 Å². The van der Waals surface area contributed by atoms with E-state index in [1.54, 1.807) is 27.7 Å². The minimum Gasteiger partial charge on any atom is -0.444 e. The highest BCUT2D eigenvalue weighted by Gasteiger charge is 2.37. The van der Waals surface area contributed by atoms with E-state index in [4.69, 9.17) is 10.5 Å². The number of carbonyl (C=O) groups excluding carboxylic acids is 2. The summed E-state index contributed by atoms with van der Waals surface area (Å²) in [4.78, 5) is 23.6. The number of rotatable bonds is 4. The third-order valence-electron chi connectivity index (χ3n) is 3.74. The van der Waals surface area contributed by atoms with Crippen molar-refractivity contribution in [3.8, 4) is 0 Å². The van der Waals surface area contributed by atoms with Gasteiger partial charge in [-0.2, -0.15) is 0 Å². The molecule has 0 aromatic carbocycles. The maximum absolute atomic E-state index is 11.9. The molecule has 1 aliphatic carbocycles. The predicted molar refractivity (Wildman–Crippen MR) is 78.2 cm³/mol. The largest absolute Gasteiger partial charge is 0.444 e. The molecule has 0 spiro atoms. The lowest BCUT2D eigenvalue weighted by Gasteiger charge is -2.33. The van der Waals surface area contributed by atoms with Gasteiger partial charge in [0, 0.05) is 0 Å². The maximum atomic E-state index is 11.9. The third-order valence-corrected chi connectivity index (χ3v) is 3.74. The Balaban J connectivity index is 2.65. The van der Waals surface area contributed by atoms with Crippen LogP contribution in [0.5, 0.6) is 0 Å². The summed E-state index contributed by atoms with van der Waals surface area (Å²) in [5.41, 5.74) is 3.86. The highest BCUT2D eigenvalue weighted by molar-refractivity contribution is 5.88. The lowest BCUT2D eigenvalue weighted by molar-refractivity contribution is -0.124. The van der Waals surface area contributed by atoms with Crippen molar-refractivity contribution in [1.29, 1.82) is 0 Å². The molecule has 0 aliphatic heterocycles. The molecule has 3 N–H and O–H groups in total. The van der Waals surface area contributed by atoms with Gasteiger partial charge in [0.05, 0.1) is 0 Å². The van der Waals surface area contributed by atoms with Crippen LogP contribution in [0.2, 0.25) is 0 Å². The van der Waals surface area contributed by atoms with Crippen molar-refractivity contribution in [1.82, 2.24) is 5.32 Å². The number of nitrogens with two attached hydrogens (primary N) is 1. The smallest absolute Gasteiger partial charge is 0.408 e. The zero-order valence-electron chi connectivity index (χ0n) is 13.1. The first-order chi connectivity index (χ1) is 9.12. The molecular weight excluding hydrogens is 256 g/mol. The van der Waals surface area contributed by atoms with Crippen LogP contribution in [0, 0.1) is 5.92 Å². The quantitative estimate of drug-likeness (QED) is 0.832. The molecule has 0 aromatic heterocycles. The van der Waals surface area contributed by atoms with Crippen molar-refractivity contribution in [2.75, 3.05) is 0 Å². The molecule has 1 rings (SSSR count). The van der Waals surface area contributed by atoms with Crippen molar-refractivity contribution in [3.63, 3.8) is 0 Å². The van der Waals surface area contributed by atoms with E-state index in [9.17, 15) is 9.59 Å². The number of hydrogen-bond acceptors (Lipinski definition) is 3. The van der Waals surface area contributed by atoms with E-state index in [0.29, 0.717) is 12.3 Å². The van der Waals surface area contributed by atoms with Crippen molar-refractivity contribution >= 4 is 12.0 Å². The molecule has 0 unspecified atom stereocenters. The zero-order chi connectivity index (χ0) is 15.4. The van der Waals surface area contributed by atoms with Gasteiger partial charge in [-0.05, 0) is 40.0 Å². The van der Waals surface area contributed by atoms with Crippen LogP contribution in [0.4, 0.5) is 4.79 Å². The summed E-state index contributed by atoms with van der Waals surface area (Å²) in [5.74, 6) is -0.0647. The minimum atomic E-state index is -1.04. The number of nitrogens with one attached hydrogen (secondary N) is 1. The summed E-state index contributed by atoms with van der Waals surface area (Å²) >= 11 is 0. The van der Waals surface area contributed by atoms with Crippen molar-refractivity contribution in [3.05, 3.63) is 0 Å². The Bertz CT molecular complexity index is 357. The molecule has 0 aromatic rings. The molecule has 2 amide bonds. The van der Waals surface area contributed by atoms with Crippen LogP contribution in [-0.4, -0.2) is 23.1 Å². The van der Waals surface area contributed by atoms with Gasteiger partial charge in [0.2, 0.25) is 5.91 Å². The first kappa shape index (κ1) is 16.8. The third kappa shape index (κ3) is 5.39. The first-order valence-corrected chi connectivity index (χ1v) is 7.43. The summed E-state index contributed by atoms with van der Waals surface area (Å²) in [6.45, 7) is 7.05. The van der Waals surface area contributed by atoms with E-state index in [-0.39, 0.29) is 0 Å². The highest BCUT2D eigenvalue weighted by Crippen LogP contribution is 2.30. The van der Waals surface area contributed by atoms with Gasteiger partial charge in [0.25, 0.3) is 0 Å². The fourth-order valence-electron chi connectivity index (χ4n) is 2.71. The van der Waals surface area contributed by atoms with Gasteiger partial charge in [0.15, 0.2) is 0 Å². The molecule has 5 heteroatoms. The Hall–Kier alpha value is -1.26. The van der Waals surface area contributed by atoms with Gasteiger partial charge >= 0.3 is 6.09 Å². The normalized spacial score (nSPS) is 20.0. The number of alkyl carbamates (subject to hydrolysis) is 1. The van der Waals surface area contributed by atoms with Crippen LogP contribution in [0.15, 0.2) is 0 Å². The lowest BCUT2D eigenvalue weighted by Crippen LogP contribution is -2.57. The molecule has 0 heterocycles. The van der Waals surface area contributed by atoms with Crippen molar-refractivity contribution in [2.45, 2.75) is 77.4 Å². The van der Waals surface area contributed by atoms with Crippen LogP contribution in [0.25, 0.3) is 0 Å². The van der Waals surface area contributed by atoms with Gasteiger partial charge in [-0.25, -0.2) is 4.79 Å². The van der Waals surface area contributed by atoms with E-state index in [1.807, 2.05) is 0 Å². The number of primary amides is 1. The monoisotopic (exact) mass is 284 g/mol. The SMILES string of the molecule is CC(C)(C)OC(=O)N[C@@](C)(CC1CCCCC1)C(N)=O. The second-order valence-corrected chi connectivity index (χ2v) is 7.03. The summed E-state index contributed by atoms with van der Waals surface area (Å²) in [6.07, 6.45) is 5.81. The molecular formula is C15H28N2O3. The van der Waals surface area contributed by atoms with Gasteiger partial charge in [0.1, 0.15) is 11.1 Å². The van der Waals surface area contributed by atoms with Crippen LogP contribution in [0.3, 0.4) is 0 Å². The average molecular weight is 284 g/mol. The maximum Gasteiger partial charge on any atom is 0.408 e. The molecule has 1 aliphatic rings. The van der Waals surface area contributed by atoms with Crippen LogP contribution in [0.1, 0.15) is 66.2 Å². The first-order valence-electron chi connectivity index (χ1n) is 7.43. The number of carbonyl (C=O) groups is 2. The summed E-state index contributed by atoms with van der Waals surface area (Å²) in [6, 6.07) is 0. The van der Waals surface area contributed by atoms with Crippen molar-refractivity contribution < 1.29 is 14.3 Å². The molecule has 20 heavy (non-hydrogen) atoms. The summed E-state index contributed by atoms with van der Waals surface area (Å²) < 4.78 is 5.21. The topological polar surface area (TPSA) is 81.4 Å². The zero-order valence-corrected chi connectivity index (χ0v) is 13.1. The summed E-state index contributed by atoms with van der Waals surface area (Å²) in [5, 5.41) is 2.66. The van der Waals surface area contributed by atoms with Gasteiger partial charge < -0.3 is 15.8 Å². The van der Waals surface area contributed by atoms with E-state index in [1.165, 1.54) is 19.3 Å². The fourth-order valence-corrected chi connectivity index (χ4v) is 2.71. The predicted octanol–water partition coefficient (Wildman–Crippen LogP) is 2.73. The summed E-state index contributed by atoms with van der Waals surface area (Å²) in [7, 11) is 0. The molecule has 5 nitrogen and oxygen atoms in total. The van der Waals surface area contributed by atoms with Crippen LogP contribution < -0.4 is 11.1 Å². The van der Waals surface area contributed by atoms with Crippen LogP contribution >= 0.6 is 0 Å². The Morgan fingerprint density at radius 2 is 1.70 bits per heavy atom. The standard InChI is InChI=1S/C15H28N2O3/c1-14(2,3)20-13(19)17-15(4,12(16)18)10-11-8-6-5-7-9-11/h11H,5-10H2,1-4H3,(H2,16,18)(H,17,19)/t15-/m0/s1. The minimum absolute atomic E-state index is 0.441. The number of hydrogen-bond donors (Lipinski definition) is 2. The number of ether oxygens (including phenoxy) is 1. The molecule has 116 valence electrons. The molecule has 1 fully saturated rings. The Kier molecular flexibility index (Phi) is 5.42. The van der Waals surface area contributed by atoms with Gasteiger partial charge in [-0.15, -0.1) is 0 Å². The lowest BCUT2D eigenvalue weighted by atomic mass is 9.80. The van der Waals surface area contributed by atoms with Gasteiger partial charge in [-0.1, -0.05) is 32.1 Å². The second kappa shape index (κ2) is 6.46. The average Bonchev–Trinajstić information content (AvgIpc) is 2.26. The molecule has 0 bridgehead atoms. The van der Waals surface area contributed by atoms with Crippen molar-refractivity contribution in [2.24, 2.45) is 11.7 Å². The van der Waals surface area contributed by atoms with Gasteiger partial charge in [-0.3, -0.25) is 4.79 Å². The van der Waals surface area contributed by atoms with E-state index >= 15 is 0 Å². The number of amides is 2. The van der Waals surface area contributed by atoms with E-state index < -0.39 is 23.1 Å². The van der Waals surface area contributed by atoms with E-state index in [0.717, 1.165) is 12.8 Å². The Morgan fingerprint density at radius 1 is 1.15 bits per heavy atom. The molecule has 0 saturated heterocycles. The molecule has 1 atom stereocenters. The fraction of sp³-hybridized carbons (Fsp3) is 0.867. The Morgan fingerprint density at radius 3 is 2.15 bits per heavy atom.